The number of hydrogen-bond acceptors (Lipinski definition) is 2. The monoisotopic (exact) mass is 326 g/mol. The van der Waals surface area contributed by atoms with Gasteiger partial charge in [0.05, 0.1) is 11.9 Å². The molecule has 0 bridgehead atoms. The third-order valence-electron chi connectivity index (χ3n) is 4.98. The maximum absolute atomic E-state index is 11.3. The Morgan fingerprint density at radius 3 is 2.24 bits per heavy atom. The molecule has 0 saturated heterocycles. The fraction of sp³-hybridized carbons (Fsp3) is 0.0476. The van der Waals surface area contributed by atoms with Crippen LogP contribution in [0.2, 0.25) is 0 Å². The zero-order chi connectivity index (χ0) is 17.1. The predicted octanol–water partition coefficient (Wildman–Crippen LogP) is 4.68. The summed E-state index contributed by atoms with van der Waals surface area (Å²) in [7, 11) is 1.74. The van der Waals surface area contributed by atoms with Gasteiger partial charge >= 0.3 is 5.97 Å². The average molecular weight is 326 g/mol. The van der Waals surface area contributed by atoms with Crippen LogP contribution in [0.1, 0.15) is 10.6 Å². The molecule has 0 fully saturated rings. The number of carboxylic acids is 1. The van der Waals surface area contributed by atoms with Crippen LogP contribution in [-0.4, -0.2) is 20.6 Å². The number of aromatic nitrogens is 2. The lowest BCUT2D eigenvalue weighted by molar-refractivity contribution is 0.0680. The number of carbonyl (C=O) groups is 1. The minimum Gasteiger partial charge on any atom is -0.475 e. The van der Waals surface area contributed by atoms with E-state index >= 15 is 0 Å². The first-order valence-electron chi connectivity index (χ1n) is 8.07. The standard InChI is InChI=1S/C21H14N2O2/c1-23-17(11-22-20(23)21(24)25)15-9-7-14-6-5-12-3-2-4-13-8-10-16(15)19(14)18(12)13/h2-11H,1H3,(H,24,25). The molecule has 5 rings (SSSR count). The molecule has 0 atom stereocenters. The van der Waals surface area contributed by atoms with Crippen molar-refractivity contribution < 1.29 is 9.90 Å². The van der Waals surface area contributed by atoms with E-state index in [1.165, 1.54) is 26.9 Å². The van der Waals surface area contributed by atoms with Crippen LogP contribution >= 0.6 is 0 Å². The molecular weight excluding hydrogens is 312 g/mol. The van der Waals surface area contributed by atoms with E-state index < -0.39 is 5.97 Å². The highest BCUT2D eigenvalue weighted by Crippen LogP contribution is 2.39. The SMILES string of the molecule is Cn1c(-c2ccc3ccc4cccc5ccc2c3c45)cnc1C(=O)O. The number of nitrogens with zero attached hydrogens (tertiary/aromatic N) is 2. The van der Waals surface area contributed by atoms with E-state index in [2.05, 4.69) is 53.5 Å². The van der Waals surface area contributed by atoms with Gasteiger partial charge in [-0.3, -0.25) is 0 Å². The molecule has 0 saturated carbocycles. The van der Waals surface area contributed by atoms with Crippen LogP contribution < -0.4 is 0 Å². The average Bonchev–Trinajstić information content (AvgIpc) is 3.01. The summed E-state index contributed by atoms with van der Waals surface area (Å²) in [6.45, 7) is 0. The molecule has 0 spiro atoms. The second-order valence-electron chi connectivity index (χ2n) is 6.30. The lowest BCUT2D eigenvalue weighted by Gasteiger charge is -2.14. The number of benzene rings is 4. The van der Waals surface area contributed by atoms with Gasteiger partial charge in [0.1, 0.15) is 0 Å². The van der Waals surface area contributed by atoms with Crippen molar-refractivity contribution in [2.45, 2.75) is 0 Å². The maximum Gasteiger partial charge on any atom is 0.372 e. The smallest absolute Gasteiger partial charge is 0.372 e. The summed E-state index contributed by atoms with van der Waals surface area (Å²) in [6, 6.07) is 19.0. The van der Waals surface area contributed by atoms with Gasteiger partial charge in [-0.2, -0.15) is 0 Å². The summed E-state index contributed by atoms with van der Waals surface area (Å²) in [4.78, 5) is 15.4. The Hall–Kier alpha value is -3.40. The van der Waals surface area contributed by atoms with E-state index in [1.54, 1.807) is 17.8 Å². The molecule has 25 heavy (non-hydrogen) atoms. The van der Waals surface area contributed by atoms with Gasteiger partial charge in [0, 0.05) is 12.6 Å². The lowest BCUT2D eigenvalue weighted by atomic mass is 9.91. The molecule has 4 heteroatoms. The number of hydrogen-bond donors (Lipinski definition) is 1. The topological polar surface area (TPSA) is 55.1 Å². The summed E-state index contributed by atoms with van der Waals surface area (Å²) < 4.78 is 1.63. The van der Waals surface area contributed by atoms with Crippen molar-refractivity contribution in [3.63, 3.8) is 0 Å². The quantitative estimate of drug-likeness (QED) is 0.479. The van der Waals surface area contributed by atoms with E-state index in [-0.39, 0.29) is 5.82 Å². The van der Waals surface area contributed by atoms with Crippen LogP contribution in [0.3, 0.4) is 0 Å². The Bertz CT molecular complexity index is 1270. The summed E-state index contributed by atoms with van der Waals surface area (Å²) >= 11 is 0. The highest BCUT2D eigenvalue weighted by Gasteiger charge is 2.17. The molecule has 0 radical (unpaired) electrons. The number of aromatic carboxylic acids is 1. The molecule has 0 aliphatic carbocycles. The van der Waals surface area contributed by atoms with Crippen molar-refractivity contribution in [2.24, 2.45) is 7.05 Å². The van der Waals surface area contributed by atoms with Crippen LogP contribution in [0, 0.1) is 0 Å². The summed E-state index contributed by atoms with van der Waals surface area (Å²) in [6.07, 6.45) is 1.63. The van der Waals surface area contributed by atoms with Gasteiger partial charge in [0.15, 0.2) is 0 Å². The fourth-order valence-corrected chi connectivity index (χ4v) is 3.82. The van der Waals surface area contributed by atoms with Gasteiger partial charge in [0.2, 0.25) is 5.82 Å². The number of rotatable bonds is 2. The van der Waals surface area contributed by atoms with E-state index in [0.29, 0.717) is 0 Å². The van der Waals surface area contributed by atoms with E-state index in [9.17, 15) is 9.90 Å². The van der Waals surface area contributed by atoms with Gasteiger partial charge in [-0.1, -0.05) is 54.6 Å². The summed E-state index contributed by atoms with van der Waals surface area (Å²) in [5.41, 5.74) is 1.79. The zero-order valence-electron chi connectivity index (χ0n) is 13.5. The molecule has 4 nitrogen and oxygen atoms in total. The minimum absolute atomic E-state index is 0.0423. The molecule has 120 valence electrons. The lowest BCUT2D eigenvalue weighted by Crippen LogP contribution is -2.06. The van der Waals surface area contributed by atoms with E-state index in [4.69, 9.17) is 0 Å². The number of imidazole rings is 1. The number of carboxylic acid groups (broad SMARTS) is 1. The van der Waals surface area contributed by atoms with Crippen molar-refractivity contribution in [3.8, 4) is 11.3 Å². The largest absolute Gasteiger partial charge is 0.475 e. The van der Waals surface area contributed by atoms with Gasteiger partial charge in [-0.15, -0.1) is 0 Å². The van der Waals surface area contributed by atoms with Gasteiger partial charge in [-0.25, -0.2) is 9.78 Å². The van der Waals surface area contributed by atoms with Crippen molar-refractivity contribution in [2.75, 3.05) is 0 Å². The van der Waals surface area contributed by atoms with Crippen molar-refractivity contribution >= 4 is 38.3 Å². The van der Waals surface area contributed by atoms with Gasteiger partial charge in [-0.05, 0) is 32.3 Å². The Morgan fingerprint density at radius 2 is 1.56 bits per heavy atom. The Kier molecular flexibility index (Phi) is 2.69. The predicted molar refractivity (Wildman–Crippen MR) is 99.3 cm³/mol. The Morgan fingerprint density at radius 1 is 0.920 bits per heavy atom. The molecule has 1 N–H and O–H groups in total. The normalized spacial score (nSPS) is 11.7. The fourth-order valence-electron chi connectivity index (χ4n) is 3.82. The van der Waals surface area contributed by atoms with E-state index in [0.717, 1.165) is 16.6 Å². The van der Waals surface area contributed by atoms with Gasteiger partial charge in [0.25, 0.3) is 0 Å². The molecule has 0 unspecified atom stereocenters. The van der Waals surface area contributed by atoms with E-state index in [1.807, 2.05) is 6.07 Å². The summed E-state index contributed by atoms with van der Waals surface area (Å²) in [5, 5.41) is 16.5. The van der Waals surface area contributed by atoms with Crippen LogP contribution in [0.4, 0.5) is 0 Å². The van der Waals surface area contributed by atoms with Crippen molar-refractivity contribution in [3.05, 3.63) is 66.6 Å². The zero-order valence-corrected chi connectivity index (χ0v) is 13.5. The van der Waals surface area contributed by atoms with Crippen LogP contribution in [-0.2, 0) is 7.05 Å². The molecule has 0 aliphatic heterocycles. The first kappa shape index (κ1) is 14.0. The molecule has 0 amide bonds. The third kappa shape index (κ3) is 1.82. The van der Waals surface area contributed by atoms with Crippen molar-refractivity contribution in [1.82, 2.24) is 9.55 Å². The molecular formula is C21H14N2O2. The minimum atomic E-state index is -1.02. The maximum atomic E-state index is 11.3. The molecule has 1 heterocycles. The summed E-state index contributed by atoms with van der Waals surface area (Å²) in [5.74, 6) is -0.979. The highest BCUT2D eigenvalue weighted by atomic mass is 16.4. The van der Waals surface area contributed by atoms with Crippen LogP contribution in [0.25, 0.3) is 43.6 Å². The second-order valence-corrected chi connectivity index (χ2v) is 6.30. The first-order chi connectivity index (χ1) is 12.1. The van der Waals surface area contributed by atoms with Crippen molar-refractivity contribution in [1.29, 1.82) is 0 Å². The van der Waals surface area contributed by atoms with Crippen LogP contribution in [0.15, 0.2) is 60.8 Å². The first-order valence-corrected chi connectivity index (χ1v) is 8.07. The third-order valence-corrected chi connectivity index (χ3v) is 4.98. The van der Waals surface area contributed by atoms with Gasteiger partial charge < -0.3 is 9.67 Å². The Labute approximate surface area is 143 Å². The molecule has 0 aliphatic rings. The molecule has 4 aromatic carbocycles. The molecule has 5 aromatic rings. The molecule has 1 aromatic heterocycles. The Balaban J connectivity index is 1.93. The highest BCUT2D eigenvalue weighted by molar-refractivity contribution is 6.25. The second kappa shape index (κ2) is 4.80. The van der Waals surface area contributed by atoms with Crippen LogP contribution in [0.5, 0.6) is 0 Å².